The van der Waals surface area contributed by atoms with Gasteiger partial charge in [0.05, 0.1) is 0 Å². The molecule has 2 heteroatoms. The molecule has 14 heavy (non-hydrogen) atoms. The number of H-pyrrole nitrogens is 1. The first-order chi connectivity index (χ1) is 6.93. The number of aromatic nitrogens is 1. The lowest BCUT2D eigenvalue weighted by atomic mass is 10.2. The van der Waals surface area contributed by atoms with Gasteiger partial charge in [-0.3, -0.25) is 0 Å². The number of anilines is 1. The summed E-state index contributed by atoms with van der Waals surface area (Å²) in [5.74, 6) is 0.921. The van der Waals surface area contributed by atoms with Gasteiger partial charge in [-0.1, -0.05) is 6.07 Å². The Morgan fingerprint density at radius 2 is 2.21 bits per heavy atom. The van der Waals surface area contributed by atoms with Crippen LogP contribution in [-0.2, 0) is 0 Å². The molecule has 2 nitrogen and oxygen atoms in total. The van der Waals surface area contributed by atoms with Crippen LogP contribution in [0.1, 0.15) is 12.8 Å². The van der Waals surface area contributed by atoms with Crippen molar-refractivity contribution < 1.29 is 0 Å². The van der Waals surface area contributed by atoms with Crippen molar-refractivity contribution in [3.63, 3.8) is 0 Å². The third-order valence-corrected chi connectivity index (χ3v) is 2.87. The van der Waals surface area contributed by atoms with E-state index in [4.69, 9.17) is 0 Å². The Kier molecular flexibility index (Phi) is 1.72. The molecule has 2 N–H and O–H groups in total. The predicted octanol–water partition coefficient (Wildman–Crippen LogP) is 2.99. The molecule has 1 heterocycles. The standard InChI is InChI=1S/C12H14N2/c1-2-11-10(6-7-13-11)12(3-1)14-8-9-4-5-9/h1-3,6-7,9,13-14H,4-5,8H2. The summed E-state index contributed by atoms with van der Waals surface area (Å²) in [6.07, 6.45) is 4.79. The molecule has 1 saturated carbocycles. The monoisotopic (exact) mass is 186 g/mol. The van der Waals surface area contributed by atoms with Gasteiger partial charge in [0.15, 0.2) is 0 Å². The Balaban J connectivity index is 1.89. The van der Waals surface area contributed by atoms with E-state index in [2.05, 4.69) is 34.6 Å². The van der Waals surface area contributed by atoms with Gasteiger partial charge in [0, 0.05) is 29.3 Å². The molecule has 0 unspecified atom stereocenters. The highest BCUT2D eigenvalue weighted by molar-refractivity contribution is 5.91. The van der Waals surface area contributed by atoms with Crippen LogP contribution in [0.15, 0.2) is 30.5 Å². The molecule has 72 valence electrons. The van der Waals surface area contributed by atoms with Gasteiger partial charge in [0.2, 0.25) is 0 Å². The first-order valence-electron chi connectivity index (χ1n) is 5.23. The maximum absolute atomic E-state index is 3.52. The molecule has 0 saturated heterocycles. The molecule has 0 spiro atoms. The van der Waals surface area contributed by atoms with Crippen molar-refractivity contribution in [1.29, 1.82) is 0 Å². The number of rotatable bonds is 3. The fourth-order valence-corrected chi connectivity index (χ4v) is 1.82. The van der Waals surface area contributed by atoms with E-state index in [0.29, 0.717) is 0 Å². The fraction of sp³-hybridized carbons (Fsp3) is 0.333. The Hall–Kier alpha value is -1.44. The van der Waals surface area contributed by atoms with Crippen molar-refractivity contribution in [2.45, 2.75) is 12.8 Å². The van der Waals surface area contributed by atoms with E-state index in [-0.39, 0.29) is 0 Å². The Labute approximate surface area is 83.3 Å². The average molecular weight is 186 g/mol. The van der Waals surface area contributed by atoms with E-state index in [1.54, 1.807) is 0 Å². The Morgan fingerprint density at radius 1 is 1.29 bits per heavy atom. The zero-order valence-electron chi connectivity index (χ0n) is 8.09. The molecule has 0 aliphatic heterocycles. The summed E-state index contributed by atoms with van der Waals surface area (Å²) in [6.45, 7) is 1.13. The number of nitrogens with one attached hydrogen (secondary N) is 2. The van der Waals surface area contributed by atoms with Crippen LogP contribution < -0.4 is 5.32 Å². The van der Waals surface area contributed by atoms with Crippen LogP contribution in [0.25, 0.3) is 10.9 Å². The molecule has 3 rings (SSSR count). The third kappa shape index (κ3) is 1.37. The van der Waals surface area contributed by atoms with Gasteiger partial charge < -0.3 is 10.3 Å². The van der Waals surface area contributed by atoms with E-state index < -0.39 is 0 Å². The number of fused-ring (bicyclic) bond motifs is 1. The van der Waals surface area contributed by atoms with Crippen LogP contribution in [0, 0.1) is 5.92 Å². The van der Waals surface area contributed by atoms with Gasteiger partial charge in [0.1, 0.15) is 0 Å². The largest absolute Gasteiger partial charge is 0.384 e. The minimum atomic E-state index is 0.921. The molecule has 1 aliphatic rings. The summed E-state index contributed by atoms with van der Waals surface area (Å²) in [5.41, 5.74) is 2.47. The van der Waals surface area contributed by atoms with Crippen molar-refractivity contribution >= 4 is 16.6 Å². The van der Waals surface area contributed by atoms with Gasteiger partial charge in [-0.15, -0.1) is 0 Å². The van der Waals surface area contributed by atoms with Gasteiger partial charge in [-0.05, 0) is 37.0 Å². The third-order valence-electron chi connectivity index (χ3n) is 2.87. The first-order valence-corrected chi connectivity index (χ1v) is 5.23. The van der Waals surface area contributed by atoms with E-state index in [1.807, 2.05) is 6.20 Å². The maximum atomic E-state index is 3.52. The summed E-state index contributed by atoms with van der Waals surface area (Å²) >= 11 is 0. The van der Waals surface area contributed by atoms with E-state index in [0.717, 1.165) is 12.5 Å². The predicted molar refractivity (Wildman–Crippen MR) is 59.5 cm³/mol. The summed E-state index contributed by atoms with van der Waals surface area (Å²) in [5, 5.41) is 4.81. The van der Waals surface area contributed by atoms with E-state index >= 15 is 0 Å². The number of benzene rings is 1. The molecule has 0 atom stereocenters. The van der Waals surface area contributed by atoms with Crippen molar-refractivity contribution in [1.82, 2.24) is 4.98 Å². The van der Waals surface area contributed by atoms with Crippen LogP contribution in [0.5, 0.6) is 0 Å². The van der Waals surface area contributed by atoms with Crippen molar-refractivity contribution in [2.75, 3.05) is 11.9 Å². The molecule has 0 bridgehead atoms. The number of aromatic amines is 1. The lowest BCUT2D eigenvalue weighted by Gasteiger charge is -2.06. The summed E-state index contributed by atoms with van der Waals surface area (Å²) in [7, 11) is 0. The lowest BCUT2D eigenvalue weighted by Crippen LogP contribution is -2.02. The summed E-state index contributed by atoms with van der Waals surface area (Å²) < 4.78 is 0. The zero-order chi connectivity index (χ0) is 9.38. The van der Waals surface area contributed by atoms with Crippen molar-refractivity contribution in [3.8, 4) is 0 Å². The van der Waals surface area contributed by atoms with Crippen molar-refractivity contribution in [3.05, 3.63) is 30.5 Å². The molecule has 0 radical (unpaired) electrons. The van der Waals surface area contributed by atoms with Gasteiger partial charge >= 0.3 is 0 Å². The first kappa shape index (κ1) is 7.92. The van der Waals surface area contributed by atoms with Gasteiger partial charge in [-0.2, -0.15) is 0 Å². The van der Waals surface area contributed by atoms with Gasteiger partial charge in [0.25, 0.3) is 0 Å². The number of hydrogen-bond donors (Lipinski definition) is 2. The summed E-state index contributed by atoms with van der Waals surface area (Å²) in [4.78, 5) is 3.22. The van der Waals surface area contributed by atoms with Crippen LogP contribution in [-0.4, -0.2) is 11.5 Å². The van der Waals surface area contributed by atoms with E-state index in [1.165, 1.54) is 29.4 Å². The molecule has 1 fully saturated rings. The zero-order valence-corrected chi connectivity index (χ0v) is 8.09. The average Bonchev–Trinajstić information content (AvgIpc) is 2.91. The lowest BCUT2D eigenvalue weighted by molar-refractivity contribution is 0.890. The minimum absolute atomic E-state index is 0.921. The molecule has 2 aromatic rings. The normalized spacial score (nSPS) is 16.0. The van der Waals surface area contributed by atoms with Crippen LogP contribution >= 0.6 is 0 Å². The molecular formula is C12H14N2. The van der Waals surface area contributed by atoms with Crippen LogP contribution in [0.2, 0.25) is 0 Å². The molecule has 1 aromatic heterocycles. The highest BCUT2D eigenvalue weighted by atomic mass is 14.9. The minimum Gasteiger partial charge on any atom is -0.384 e. The second kappa shape index (κ2) is 3.05. The van der Waals surface area contributed by atoms with Gasteiger partial charge in [-0.25, -0.2) is 0 Å². The van der Waals surface area contributed by atoms with Crippen LogP contribution in [0.4, 0.5) is 5.69 Å². The molecule has 1 aliphatic carbocycles. The maximum Gasteiger partial charge on any atom is 0.0474 e. The smallest absolute Gasteiger partial charge is 0.0474 e. The van der Waals surface area contributed by atoms with Crippen LogP contribution in [0.3, 0.4) is 0 Å². The quantitative estimate of drug-likeness (QED) is 0.757. The second-order valence-corrected chi connectivity index (χ2v) is 4.07. The van der Waals surface area contributed by atoms with Crippen molar-refractivity contribution in [2.24, 2.45) is 5.92 Å². The summed E-state index contributed by atoms with van der Waals surface area (Å²) in [6, 6.07) is 8.48. The highest BCUT2D eigenvalue weighted by Gasteiger charge is 2.20. The topological polar surface area (TPSA) is 27.8 Å². The molecule has 1 aromatic carbocycles. The SMILES string of the molecule is c1cc(NCC2CC2)c2cc[nH]c2c1. The molecular weight excluding hydrogens is 172 g/mol. The fourth-order valence-electron chi connectivity index (χ4n) is 1.82. The molecule has 0 amide bonds. The van der Waals surface area contributed by atoms with E-state index in [9.17, 15) is 0 Å². The number of hydrogen-bond acceptors (Lipinski definition) is 1. The second-order valence-electron chi connectivity index (χ2n) is 4.07. The Bertz CT molecular complexity index is 440. The Morgan fingerprint density at radius 3 is 3.07 bits per heavy atom. The highest BCUT2D eigenvalue weighted by Crippen LogP contribution is 2.30.